The molecule has 2 atom stereocenters. The lowest BCUT2D eigenvalue weighted by molar-refractivity contribution is -0.0693. The van der Waals surface area contributed by atoms with Crippen molar-refractivity contribution in [2.75, 3.05) is 13.1 Å². The predicted molar refractivity (Wildman–Crippen MR) is 70.7 cm³/mol. The standard InChI is InChI=1S/C15H23NO/c1-3-15(17)9-10-16(11-13(15)2)12-14-7-5-4-6-8-14/h4-8,13,17H,3,9-12H2,1-2H3. The summed E-state index contributed by atoms with van der Waals surface area (Å²) < 4.78 is 0. The zero-order chi connectivity index (χ0) is 12.3. The quantitative estimate of drug-likeness (QED) is 0.867. The van der Waals surface area contributed by atoms with Crippen LogP contribution in [-0.2, 0) is 6.54 Å². The molecule has 17 heavy (non-hydrogen) atoms. The maximum absolute atomic E-state index is 10.4. The van der Waals surface area contributed by atoms with Crippen LogP contribution in [0.25, 0.3) is 0 Å². The van der Waals surface area contributed by atoms with Gasteiger partial charge in [0.1, 0.15) is 0 Å². The van der Waals surface area contributed by atoms with E-state index in [1.54, 1.807) is 0 Å². The molecule has 1 aliphatic rings. The van der Waals surface area contributed by atoms with Gasteiger partial charge in [-0.1, -0.05) is 44.2 Å². The van der Waals surface area contributed by atoms with E-state index in [1.807, 2.05) is 0 Å². The molecule has 0 saturated carbocycles. The van der Waals surface area contributed by atoms with E-state index < -0.39 is 5.60 Å². The van der Waals surface area contributed by atoms with Crippen LogP contribution < -0.4 is 0 Å². The Morgan fingerprint density at radius 1 is 1.35 bits per heavy atom. The minimum Gasteiger partial charge on any atom is -0.390 e. The Labute approximate surface area is 104 Å². The van der Waals surface area contributed by atoms with Crippen molar-refractivity contribution in [3.63, 3.8) is 0 Å². The van der Waals surface area contributed by atoms with E-state index in [4.69, 9.17) is 0 Å². The topological polar surface area (TPSA) is 23.5 Å². The Kier molecular flexibility index (Phi) is 3.85. The Morgan fingerprint density at radius 3 is 2.65 bits per heavy atom. The summed E-state index contributed by atoms with van der Waals surface area (Å²) in [5.74, 6) is 0.366. The number of likely N-dealkylation sites (tertiary alicyclic amines) is 1. The molecule has 2 nitrogen and oxygen atoms in total. The molecule has 0 spiro atoms. The normalized spacial score (nSPS) is 30.4. The van der Waals surface area contributed by atoms with Gasteiger partial charge in [0, 0.05) is 19.6 Å². The molecule has 2 unspecified atom stereocenters. The van der Waals surface area contributed by atoms with Crippen molar-refractivity contribution in [1.82, 2.24) is 4.90 Å². The first-order chi connectivity index (χ1) is 8.14. The van der Waals surface area contributed by atoms with Gasteiger partial charge in [-0.05, 0) is 24.3 Å². The lowest BCUT2D eigenvalue weighted by Gasteiger charge is -2.43. The summed E-state index contributed by atoms with van der Waals surface area (Å²) in [5.41, 5.74) is 0.925. The molecule has 1 saturated heterocycles. The molecule has 0 bridgehead atoms. The van der Waals surface area contributed by atoms with Gasteiger partial charge < -0.3 is 5.11 Å². The molecule has 1 fully saturated rings. The Hall–Kier alpha value is -0.860. The molecule has 0 aliphatic carbocycles. The number of hydrogen-bond acceptors (Lipinski definition) is 2. The lowest BCUT2D eigenvalue weighted by atomic mass is 9.80. The minimum atomic E-state index is -0.437. The summed E-state index contributed by atoms with van der Waals surface area (Å²) in [6.45, 7) is 7.26. The molecule has 2 rings (SSSR count). The Morgan fingerprint density at radius 2 is 2.06 bits per heavy atom. The van der Waals surface area contributed by atoms with E-state index in [1.165, 1.54) is 5.56 Å². The number of aliphatic hydroxyl groups is 1. The highest BCUT2D eigenvalue weighted by atomic mass is 16.3. The number of nitrogens with zero attached hydrogens (tertiary/aromatic N) is 1. The summed E-state index contributed by atoms with van der Waals surface area (Å²) in [5, 5.41) is 10.4. The second-order valence-corrected chi connectivity index (χ2v) is 5.33. The molecule has 1 aliphatic heterocycles. The smallest absolute Gasteiger partial charge is 0.0694 e. The van der Waals surface area contributed by atoms with Gasteiger partial charge in [0.15, 0.2) is 0 Å². The van der Waals surface area contributed by atoms with Gasteiger partial charge in [-0.2, -0.15) is 0 Å². The van der Waals surface area contributed by atoms with Crippen LogP contribution in [0.2, 0.25) is 0 Å². The monoisotopic (exact) mass is 233 g/mol. The van der Waals surface area contributed by atoms with Crippen LogP contribution in [0.3, 0.4) is 0 Å². The van der Waals surface area contributed by atoms with Crippen molar-refractivity contribution in [3.05, 3.63) is 35.9 Å². The molecule has 1 heterocycles. The van der Waals surface area contributed by atoms with E-state index in [0.717, 1.165) is 32.5 Å². The van der Waals surface area contributed by atoms with Crippen LogP contribution in [0.4, 0.5) is 0 Å². The lowest BCUT2D eigenvalue weighted by Crippen LogP contribution is -2.50. The minimum absolute atomic E-state index is 0.366. The van der Waals surface area contributed by atoms with Crippen molar-refractivity contribution in [2.24, 2.45) is 5.92 Å². The molecule has 0 radical (unpaired) electrons. The van der Waals surface area contributed by atoms with E-state index in [9.17, 15) is 5.11 Å². The maximum atomic E-state index is 10.4. The van der Waals surface area contributed by atoms with Crippen LogP contribution in [0.5, 0.6) is 0 Å². The van der Waals surface area contributed by atoms with Gasteiger partial charge in [-0.3, -0.25) is 4.90 Å². The summed E-state index contributed by atoms with van der Waals surface area (Å²) in [6.07, 6.45) is 1.77. The van der Waals surface area contributed by atoms with Crippen molar-refractivity contribution in [3.8, 4) is 0 Å². The van der Waals surface area contributed by atoms with E-state index in [0.29, 0.717) is 5.92 Å². The fraction of sp³-hybridized carbons (Fsp3) is 0.600. The third-order valence-corrected chi connectivity index (χ3v) is 4.17. The van der Waals surface area contributed by atoms with Crippen LogP contribution in [0.15, 0.2) is 30.3 Å². The predicted octanol–water partition coefficient (Wildman–Crippen LogP) is 2.67. The molecular weight excluding hydrogens is 210 g/mol. The molecule has 0 aromatic heterocycles. The number of hydrogen-bond donors (Lipinski definition) is 1. The molecule has 94 valence electrons. The number of rotatable bonds is 3. The third-order valence-electron chi connectivity index (χ3n) is 4.17. The van der Waals surface area contributed by atoms with E-state index in [2.05, 4.69) is 49.1 Å². The van der Waals surface area contributed by atoms with Crippen LogP contribution in [0.1, 0.15) is 32.3 Å². The van der Waals surface area contributed by atoms with Gasteiger partial charge in [-0.25, -0.2) is 0 Å². The van der Waals surface area contributed by atoms with Crippen molar-refractivity contribution >= 4 is 0 Å². The van der Waals surface area contributed by atoms with Gasteiger partial charge in [0.05, 0.1) is 5.60 Å². The zero-order valence-electron chi connectivity index (χ0n) is 10.9. The third kappa shape index (κ3) is 2.88. The number of piperidine rings is 1. The fourth-order valence-electron chi connectivity index (χ4n) is 2.76. The molecule has 1 aromatic rings. The van der Waals surface area contributed by atoms with Crippen molar-refractivity contribution in [1.29, 1.82) is 0 Å². The van der Waals surface area contributed by atoms with Crippen molar-refractivity contribution in [2.45, 2.75) is 38.8 Å². The maximum Gasteiger partial charge on any atom is 0.0694 e. The van der Waals surface area contributed by atoms with Gasteiger partial charge >= 0.3 is 0 Å². The SMILES string of the molecule is CCC1(O)CCN(Cc2ccccc2)CC1C. The van der Waals surface area contributed by atoms with Crippen LogP contribution in [0, 0.1) is 5.92 Å². The van der Waals surface area contributed by atoms with Gasteiger partial charge in [-0.15, -0.1) is 0 Å². The molecule has 2 heteroatoms. The van der Waals surface area contributed by atoms with Crippen LogP contribution in [-0.4, -0.2) is 28.7 Å². The summed E-state index contributed by atoms with van der Waals surface area (Å²) in [6, 6.07) is 10.6. The second-order valence-electron chi connectivity index (χ2n) is 5.33. The highest BCUT2D eigenvalue weighted by Crippen LogP contribution is 2.31. The first-order valence-electron chi connectivity index (χ1n) is 6.63. The highest BCUT2D eigenvalue weighted by molar-refractivity contribution is 5.14. The first kappa shape index (κ1) is 12.6. The van der Waals surface area contributed by atoms with E-state index in [-0.39, 0.29) is 0 Å². The summed E-state index contributed by atoms with van der Waals surface area (Å²) >= 11 is 0. The molecule has 1 N–H and O–H groups in total. The summed E-state index contributed by atoms with van der Waals surface area (Å²) in [7, 11) is 0. The molecular formula is C15H23NO. The Balaban J connectivity index is 1.94. The molecule has 1 aromatic carbocycles. The Bertz CT molecular complexity index is 351. The van der Waals surface area contributed by atoms with Crippen molar-refractivity contribution < 1.29 is 5.11 Å². The summed E-state index contributed by atoms with van der Waals surface area (Å²) in [4.78, 5) is 2.45. The second kappa shape index (κ2) is 5.19. The van der Waals surface area contributed by atoms with Gasteiger partial charge in [0.25, 0.3) is 0 Å². The average molecular weight is 233 g/mol. The fourth-order valence-corrected chi connectivity index (χ4v) is 2.76. The zero-order valence-corrected chi connectivity index (χ0v) is 10.9. The van der Waals surface area contributed by atoms with E-state index >= 15 is 0 Å². The molecule has 0 amide bonds. The largest absolute Gasteiger partial charge is 0.390 e. The van der Waals surface area contributed by atoms with Crippen LogP contribution >= 0.6 is 0 Å². The average Bonchev–Trinajstić information content (AvgIpc) is 2.35. The number of benzene rings is 1. The first-order valence-corrected chi connectivity index (χ1v) is 6.63. The van der Waals surface area contributed by atoms with Gasteiger partial charge in [0.2, 0.25) is 0 Å². The highest BCUT2D eigenvalue weighted by Gasteiger charge is 2.36.